The Morgan fingerprint density at radius 2 is 0.655 bits per heavy atom. The molecule has 0 aromatic heterocycles. The minimum atomic E-state index is -0.531. The quantitative estimate of drug-likeness (QED) is 0.106. The van der Waals surface area contributed by atoms with Crippen molar-refractivity contribution in [2.24, 2.45) is 0 Å². The molecule has 0 spiro atoms. The van der Waals surface area contributed by atoms with Crippen LogP contribution in [0.25, 0.3) is 0 Å². The van der Waals surface area contributed by atoms with Gasteiger partial charge < -0.3 is 18.9 Å². The van der Waals surface area contributed by atoms with E-state index in [0.717, 1.165) is 25.2 Å². The monoisotopic (exact) mass is 810 g/mol. The van der Waals surface area contributed by atoms with Crippen LogP contribution in [0.4, 0.5) is 0 Å². The molecule has 55 heavy (non-hydrogen) atoms. The van der Waals surface area contributed by atoms with Crippen LogP contribution in [0.2, 0.25) is 0 Å². The van der Waals surface area contributed by atoms with Gasteiger partial charge in [-0.2, -0.15) is 0 Å². The Morgan fingerprint density at radius 3 is 0.927 bits per heavy atom. The number of hydrogen-bond acceptors (Lipinski definition) is 4. The van der Waals surface area contributed by atoms with E-state index in [-0.39, 0.29) is 41.5 Å². The normalized spacial score (nSPS) is 24.8. The van der Waals surface area contributed by atoms with Gasteiger partial charge in [0.25, 0.3) is 0 Å². The van der Waals surface area contributed by atoms with Crippen molar-refractivity contribution in [1.82, 2.24) is 0 Å². The molecule has 0 unspecified atom stereocenters. The maximum Gasteiger partial charge on any atom is 0.163 e. The molecule has 4 fully saturated rings. The van der Waals surface area contributed by atoms with Crippen LogP contribution in [0.1, 0.15) is 40.5 Å². The van der Waals surface area contributed by atoms with Gasteiger partial charge in [0.05, 0.1) is 24.4 Å². The Kier molecular flexibility index (Phi) is 15.7. The number of ether oxygens (including phenoxy) is 4. The van der Waals surface area contributed by atoms with E-state index in [1.54, 1.807) is 0 Å². The standard InChI is InChI=1S/2C24H26O2P.Fe/c2*1-24(2)25-22(17-19-11-9-10-12-19)23(26-24)18-27(20-13-5-3-6-14-20)21-15-7-4-8-16-21;/h2*3-16,22-23H,17-18H2,1-2H3;/t2*22-,23-;/m00./s1. The van der Waals surface area contributed by atoms with Crippen molar-refractivity contribution in [3.63, 3.8) is 0 Å². The molecule has 2 saturated carbocycles. The number of benzene rings is 4. The van der Waals surface area contributed by atoms with Crippen molar-refractivity contribution >= 4 is 37.1 Å². The predicted molar refractivity (Wildman–Crippen MR) is 226 cm³/mol. The average molecular weight is 811 g/mol. The molecule has 4 atom stereocenters. The van der Waals surface area contributed by atoms with Crippen LogP contribution in [-0.2, 0) is 36.0 Å². The fourth-order valence-electron chi connectivity index (χ4n) is 7.55. The van der Waals surface area contributed by atoms with E-state index in [9.17, 15) is 0 Å². The van der Waals surface area contributed by atoms with Gasteiger partial charge in [-0.15, -0.1) is 0 Å². The largest absolute Gasteiger partial charge is 0.345 e. The fourth-order valence-corrected chi connectivity index (χ4v) is 12.5. The number of rotatable bonds is 12. The van der Waals surface area contributed by atoms with Gasteiger partial charge >= 0.3 is 0 Å². The predicted octanol–water partition coefficient (Wildman–Crippen LogP) is 8.87. The Hall–Kier alpha value is -1.90. The maximum atomic E-state index is 6.38. The Morgan fingerprint density at radius 1 is 0.400 bits per heavy atom. The van der Waals surface area contributed by atoms with Crippen LogP contribution in [0.15, 0.2) is 121 Å². The van der Waals surface area contributed by atoms with E-state index in [0.29, 0.717) is 0 Å². The van der Waals surface area contributed by atoms with Crippen molar-refractivity contribution < 1.29 is 36.0 Å². The van der Waals surface area contributed by atoms with Gasteiger partial charge in [-0.05, 0) is 141 Å². The molecule has 10 radical (unpaired) electrons. The third kappa shape index (κ3) is 12.1. The van der Waals surface area contributed by atoms with Gasteiger partial charge in [0.2, 0.25) is 0 Å². The van der Waals surface area contributed by atoms with Crippen molar-refractivity contribution in [2.45, 2.75) is 76.5 Å². The summed E-state index contributed by atoms with van der Waals surface area (Å²) in [5, 5.41) is 5.55. The van der Waals surface area contributed by atoms with Crippen molar-refractivity contribution in [3.8, 4) is 0 Å². The summed E-state index contributed by atoms with van der Waals surface area (Å²) in [5.74, 6) is 1.57. The van der Waals surface area contributed by atoms with Crippen LogP contribution in [0, 0.1) is 63.2 Å². The number of hydrogen-bond donors (Lipinski definition) is 0. The Balaban J connectivity index is 0.000000184. The molecule has 0 N–H and O–H groups in total. The van der Waals surface area contributed by atoms with E-state index < -0.39 is 27.4 Å². The summed E-state index contributed by atoms with van der Waals surface area (Å²) < 4.78 is 25.3. The maximum absolute atomic E-state index is 6.38. The zero-order valence-corrected chi connectivity index (χ0v) is 35.1. The average Bonchev–Trinajstić information content (AvgIpc) is 4.00. The van der Waals surface area contributed by atoms with Crippen LogP contribution < -0.4 is 21.2 Å². The third-order valence-electron chi connectivity index (χ3n) is 9.90. The SMILES string of the molecule is CC1(C)O[C@@H](C[C]2[CH][CH][CH][CH]2)[C@H](CP(c2ccccc2)c2ccccc2)O1.CC1(C)O[C@@H](C[C]2[CH][CH][CH][CH]2)[C@H](CP(c2ccccc2)c2ccccc2)O1.[Fe]. The second-order valence-corrected chi connectivity index (χ2v) is 19.5. The van der Waals surface area contributed by atoms with Crippen LogP contribution in [0.5, 0.6) is 0 Å². The fraction of sp³-hybridized carbons (Fsp3) is 0.292. The molecule has 2 aliphatic carbocycles. The molecular weight excluding hydrogens is 758 g/mol. The minimum Gasteiger partial charge on any atom is -0.345 e. The topological polar surface area (TPSA) is 36.9 Å². The first-order valence-electron chi connectivity index (χ1n) is 19.1. The second kappa shape index (κ2) is 20.2. The Labute approximate surface area is 344 Å². The van der Waals surface area contributed by atoms with Crippen LogP contribution in [-0.4, -0.2) is 48.3 Å². The third-order valence-corrected chi connectivity index (χ3v) is 15.0. The molecule has 7 heteroatoms. The molecule has 0 bridgehead atoms. The van der Waals surface area contributed by atoms with E-state index in [1.807, 2.05) is 27.7 Å². The molecule has 4 aromatic carbocycles. The van der Waals surface area contributed by atoms with Gasteiger partial charge in [0.15, 0.2) is 11.6 Å². The van der Waals surface area contributed by atoms with Gasteiger partial charge in [0, 0.05) is 29.4 Å². The molecule has 4 nitrogen and oxygen atoms in total. The zero-order chi connectivity index (χ0) is 37.4. The van der Waals surface area contributed by atoms with Gasteiger partial charge in [-0.1, -0.05) is 121 Å². The zero-order valence-electron chi connectivity index (χ0n) is 32.2. The molecule has 0 amide bonds. The van der Waals surface area contributed by atoms with E-state index in [2.05, 4.69) is 173 Å². The summed E-state index contributed by atoms with van der Waals surface area (Å²) in [4.78, 5) is 0. The summed E-state index contributed by atoms with van der Waals surface area (Å²) in [6.07, 6.45) is 21.1. The van der Waals surface area contributed by atoms with E-state index in [1.165, 1.54) is 33.1 Å². The molecule has 286 valence electrons. The molecule has 2 aliphatic heterocycles. The molecule has 8 rings (SSSR count). The first-order valence-corrected chi connectivity index (χ1v) is 22.1. The molecular formula is C48H52FeO4P2. The van der Waals surface area contributed by atoms with E-state index >= 15 is 0 Å². The van der Waals surface area contributed by atoms with Crippen LogP contribution >= 0.6 is 15.8 Å². The summed E-state index contributed by atoms with van der Waals surface area (Å²) in [6, 6.07) is 43.3. The van der Waals surface area contributed by atoms with Gasteiger partial charge in [-0.25, -0.2) is 0 Å². The first kappa shape index (κ1) is 42.7. The van der Waals surface area contributed by atoms with Crippen molar-refractivity contribution in [2.75, 3.05) is 12.3 Å². The summed E-state index contributed by atoms with van der Waals surface area (Å²) >= 11 is 0. The summed E-state index contributed by atoms with van der Waals surface area (Å²) in [5.41, 5.74) is 0. The summed E-state index contributed by atoms with van der Waals surface area (Å²) in [7, 11) is -0.996. The van der Waals surface area contributed by atoms with Gasteiger partial charge in [-0.3, -0.25) is 0 Å². The van der Waals surface area contributed by atoms with Crippen molar-refractivity contribution in [3.05, 3.63) is 185 Å². The van der Waals surface area contributed by atoms with Crippen molar-refractivity contribution in [1.29, 1.82) is 0 Å². The Bertz CT molecular complexity index is 1470. The smallest absolute Gasteiger partial charge is 0.163 e. The van der Waals surface area contributed by atoms with E-state index in [4.69, 9.17) is 18.9 Å². The molecule has 2 saturated heterocycles. The second-order valence-electron chi connectivity index (χ2n) is 15.0. The minimum absolute atomic E-state index is 0. The molecule has 4 aliphatic rings. The molecule has 4 aromatic rings. The molecule has 2 heterocycles. The van der Waals surface area contributed by atoms with Crippen LogP contribution in [0.3, 0.4) is 0 Å². The van der Waals surface area contributed by atoms with Gasteiger partial charge in [0.1, 0.15) is 0 Å². The first-order chi connectivity index (χ1) is 26.2. The summed E-state index contributed by atoms with van der Waals surface area (Å²) in [6.45, 7) is 8.10.